The van der Waals surface area contributed by atoms with E-state index >= 15 is 0 Å². The van der Waals surface area contributed by atoms with Crippen LogP contribution in [0.25, 0.3) is 11.3 Å². The minimum absolute atomic E-state index is 0.658. The van der Waals surface area contributed by atoms with Crippen molar-refractivity contribution in [1.29, 1.82) is 0 Å². The summed E-state index contributed by atoms with van der Waals surface area (Å²) in [5.74, 6) is 0. The Morgan fingerprint density at radius 2 is 1.42 bits per heavy atom. The van der Waals surface area contributed by atoms with E-state index in [-0.39, 0.29) is 0 Å². The molecule has 4 heteroatoms. The predicted octanol–water partition coefficient (Wildman–Crippen LogP) is 3.69. The lowest BCUT2D eigenvalue weighted by molar-refractivity contribution is 0.845. The summed E-state index contributed by atoms with van der Waals surface area (Å²) in [6.45, 7) is 0. The molecule has 0 unspecified atom stereocenters. The number of hydrogen-bond acceptors (Lipinski definition) is 4. The molecule has 0 fully saturated rings. The van der Waals surface area contributed by atoms with Crippen molar-refractivity contribution >= 4 is 11.8 Å². The van der Waals surface area contributed by atoms with E-state index in [1.165, 1.54) is 11.8 Å². The standard InChI is InChI=1S/C15H11N3S/c1-3-7-12(8-4-1)14-11-16-15(18-17-14)19-13-9-5-2-6-10-13/h1-11H. The van der Waals surface area contributed by atoms with E-state index < -0.39 is 0 Å². The summed E-state index contributed by atoms with van der Waals surface area (Å²) >= 11 is 1.51. The summed E-state index contributed by atoms with van der Waals surface area (Å²) in [5.41, 5.74) is 1.82. The second-order valence-electron chi connectivity index (χ2n) is 3.91. The number of rotatable bonds is 3. The molecule has 1 heterocycles. The third-order valence-corrected chi connectivity index (χ3v) is 3.44. The van der Waals surface area contributed by atoms with Crippen LogP contribution in [-0.2, 0) is 0 Å². The molecule has 19 heavy (non-hydrogen) atoms. The summed E-state index contributed by atoms with van der Waals surface area (Å²) in [6, 6.07) is 19.9. The maximum Gasteiger partial charge on any atom is 0.213 e. The monoisotopic (exact) mass is 265 g/mol. The molecule has 0 aliphatic rings. The highest BCUT2D eigenvalue weighted by atomic mass is 32.2. The molecule has 3 nitrogen and oxygen atoms in total. The van der Waals surface area contributed by atoms with E-state index in [1.54, 1.807) is 6.20 Å². The van der Waals surface area contributed by atoms with E-state index in [4.69, 9.17) is 0 Å². The molecule has 0 atom stereocenters. The molecule has 3 rings (SSSR count). The smallest absolute Gasteiger partial charge is 0.213 e. The maximum atomic E-state index is 4.34. The summed E-state index contributed by atoms with van der Waals surface area (Å²) < 4.78 is 0. The van der Waals surface area contributed by atoms with Crippen LogP contribution in [0.2, 0.25) is 0 Å². The SMILES string of the molecule is c1ccc(Sc2ncc(-c3ccccc3)nn2)cc1. The van der Waals surface area contributed by atoms with Gasteiger partial charge in [0, 0.05) is 10.5 Å². The van der Waals surface area contributed by atoms with Crippen LogP contribution in [0.5, 0.6) is 0 Å². The molecule has 0 N–H and O–H groups in total. The van der Waals surface area contributed by atoms with Crippen LogP contribution in [0.1, 0.15) is 0 Å². The van der Waals surface area contributed by atoms with Crippen molar-refractivity contribution < 1.29 is 0 Å². The van der Waals surface area contributed by atoms with Gasteiger partial charge in [0.15, 0.2) is 0 Å². The van der Waals surface area contributed by atoms with Gasteiger partial charge in [0.25, 0.3) is 0 Å². The Balaban J connectivity index is 1.80. The molecule has 0 saturated carbocycles. The average Bonchev–Trinajstić information content (AvgIpc) is 2.50. The van der Waals surface area contributed by atoms with Gasteiger partial charge in [-0.3, -0.25) is 0 Å². The van der Waals surface area contributed by atoms with Crippen molar-refractivity contribution in [2.75, 3.05) is 0 Å². The van der Waals surface area contributed by atoms with Crippen molar-refractivity contribution in [3.63, 3.8) is 0 Å². The minimum Gasteiger partial charge on any atom is -0.227 e. The summed E-state index contributed by atoms with van der Waals surface area (Å²) in [5, 5.41) is 9.02. The third kappa shape index (κ3) is 2.98. The number of aromatic nitrogens is 3. The predicted molar refractivity (Wildman–Crippen MR) is 75.8 cm³/mol. The van der Waals surface area contributed by atoms with Gasteiger partial charge in [-0.1, -0.05) is 48.5 Å². The van der Waals surface area contributed by atoms with Gasteiger partial charge in [0.1, 0.15) is 5.69 Å². The van der Waals surface area contributed by atoms with E-state index in [2.05, 4.69) is 15.2 Å². The second-order valence-corrected chi connectivity index (χ2v) is 4.95. The topological polar surface area (TPSA) is 38.7 Å². The number of hydrogen-bond donors (Lipinski definition) is 0. The average molecular weight is 265 g/mol. The zero-order valence-electron chi connectivity index (χ0n) is 10.1. The van der Waals surface area contributed by atoms with Crippen LogP contribution in [0, 0.1) is 0 Å². The minimum atomic E-state index is 0.658. The van der Waals surface area contributed by atoms with Gasteiger partial charge in [0.2, 0.25) is 5.16 Å². The van der Waals surface area contributed by atoms with Crippen LogP contribution >= 0.6 is 11.8 Å². The molecule has 0 radical (unpaired) electrons. The van der Waals surface area contributed by atoms with Crippen LogP contribution in [0.4, 0.5) is 0 Å². The van der Waals surface area contributed by atoms with Gasteiger partial charge in [-0.25, -0.2) is 4.98 Å². The first-order valence-electron chi connectivity index (χ1n) is 5.90. The Bertz CT molecular complexity index is 639. The van der Waals surface area contributed by atoms with Gasteiger partial charge in [-0.15, -0.1) is 10.2 Å². The van der Waals surface area contributed by atoms with Crippen molar-refractivity contribution in [2.24, 2.45) is 0 Å². The molecule has 92 valence electrons. The molecular weight excluding hydrogens is 254 g/mol. The van der Waals surface area contributed by atoms with Gasteiger partial charge in [0.05, 0.1) is 6.20 Å². The Kier molecular flexibility index (Phi) is 3.51. The van der Waals surface area contributed by atoms with E-state index in [9.17, 15) is 0 Å². The van der Waals surface area contributed by atoms with Gasteiger partial charge in [-0.05, 0) is 23.9 Å². The Labute approximate surface area is 115 Å². The van der Waals surface area contributed by atoms with E-state index in [1.807, 2.05) is 60.7 Å². The highest BCUT2D eigenvalue weighted by molar-refractivity contribution is 7.99. The molecule has 3 aromatic rings. The summed E-state index contributed by atoms with van der Waals surface area (Å²) in [7, 11) is 0. The molecule has 0 aliphatic carbocycles. The van der Waals surface area contributed by atoms with Crippen molar-refractivity contribution in [2.45, 2.75) is 10.1 Å². The first kappa shape index (κ1) is 11.9. The van der Waals surface area contributed by atoms with Crippen LogP contribution < -0.4 is 0 Å². The lowest BCUT2D eigenvalue weighted by Crippen LogP contribution is -1.92. The van der Waals surface area contributed by atoms with Crippen molar-refractivity contribution in [3.8, 4) is 11.3 Å². The fraction of sp³-hybridized carbons (Fsp3) is 0. The Morgan fingerprint density at radius 1 is 0.737 bits per heavy atom. The highest BCUT2D eigenvalue weighted by Crippen LogP contribution is 2.24. The lowest BCUT2D eigenvalue weighted by atomic mass is 10.2. The quantitative estimate of drug-likeness (QED) is 0.724. The van der Waals surface area contributed by atoms with Crippen LogP contribution in [0.3, 0.4) is 0 Å². The molecule has 2 aromatic carbocycles. The van der Waals surface area contributed by atoms with E-state index in [0.29, 0.717) is 5.16 Å². The maximum absolute atomic E-state index is 4.34. The summed E-state index contributed by atoms with van der Waals surface area (Å²) in [4.78, 5) is 5.45. The fourth-order valence-electron chi connectivity index (χ4n) is 1.65. The Morgan fingerprint density at radius 3 is 2.05 bits per heavy atom. The first-order chi connectivity index (χ1) is 9.42. The second kappa shape index (κ2) is 5.63. The highest BCUT2D eigenvalue weighted by Gasteiger charge is 2.03. The van der Waals surface area contributed by atoms with Crippen molar-refractivity contribution in [1.82, 2.24) is 15.2 Å². The third-order valence-electron chi connectivity index (χ3n) is 2.56. The van der Waals surface area contributed by atoms with Crippen LogP contribution in [0.15, 0.2) is 76.9 Å². The first-order valence-corrected chi connectivity index (χ1v) is 6.71. The zero-order valence-corrected chi connectivity index (χ0v) is 10.9. The van der Waals surface area contributed by atoms with Gasteiger partial charge >= 0.3 is 0 Å². The molecule has 0 amide bonds. The zero-order chi connectivity index (χ0) is 12.9. The molecule has 0 aliphatic heterocycles. The number of nitrogens with zero attached hydrogens (tertiary/aromatic N) is 3. The van der Waals surface area contributed by atoms with Gasteiger partial charge in [-0.2, -0.15) is 0 Å². The Hall–Kier alpha value is -2.20. The normalized spacial score (nSPS) is 10.3. The molecule has 0 spiro atoms. The van der Waals surface area contributed by atoms with Gasteiger partial charge < -0.3 is 0 Å². The number of benzene rings is 2. The molecular formula is C15H11N3S. The van der Waals surface area contributed by atoms with Crippen LogP contribution in [-0.4, -0.2) is 15.2 Å². The lowest BCUT2D eigenvalue weighted by Gasteiger charge is -2.01. The molecule has 1 aromatic heterocycles. The molecule has 0 bridgehead atoms. The van der Waals surface area contributed by atoms with Crippen molar-refractivity contribution in [3.05, 3.63) is 66.9 Å². The summed E-state index contributed by atoms with van der Waals surface area (Å²) in [6.07, 6.45) is 1.76. The largest absolute Gasteiger partial charge is 0.227 e. The molecule has 0 saturated heterocycles. The van der Waals surface area contributed by atoms with E-state index in [0.717, 1.165) is 16.2 Å². The fourth-order valence-corrected chi connectivity index (χ4v) is 2.34.